The number of allylic oxidation sites excluding steroid dienone is 1. The molecule has 0 unspecified atom stereocenters. The highest BCUT2D eigenvalue weighted by atomic mass is 16.5. The maximum Gasteiger partial charge on any atom is 0.121 e. The molecule has 3 rings (SSSR count). The van der Waals surface area contributed by atoms with Crippen LogP contribution in [0.25, 0.3) is 0 Å². The van der Waals surface area contributed by atoms with Crippen LogP contribution < -0.4 is 0 Å². The van der Waals surface area contributed by atoms with Gasteiger partial charge in [-0.25, -0.2) is 0 Å². The molecule has 1 aliphatic heterocycles. The first-order valence-electron chi connectivity index (χ1n) is 6.74. The van der Waals surface area contributed by atoms with Crippen molar-refractivity contribution < 1.29 is 9.84 Å². The number of phenolic OH excluding ortho intramolecular Hbond substituents is 1. The van der Waals surface area contributed by atoms with Gasteiger partial charge in [0.05, 0.1) is 12.7 Å². The van der Waals surface area contributed by atoms with Gasteiger partial charge in [-0.2, -0.15) is 0 Å². The van der Waals surface area contributed by atoms with Gasteiger partial charge < -0.3 is 9.84 Å². The van der Waals surface area contributed by atoms with Crippen LogP contribution in [0.2, 0.25) is 0 Å². The van der Waals surface area contributed by atoms with E-state index in [-0.39, 0.29) is 6.10 Å². The molecule has 0 radical (unpaired) electrons. The van der Waals surface area contributed by atoms with Crippen molar-refractivity contribution in [3.05, 3.63) is 41.5 Å². The molecule has 2 bridgehead atoms. The van der Waals surface area contributed by atoms with Crippen LogP contribution in [-0.2, 0) is 4.74 Å². The maximum absolute atomic E-state index is 10.00. The molecule has 1 fully saturated rings. The summed E-state index contributed by atoms with van der Waals surface area (Å²) in [7, 11) is 0. The zero-order valence-corrected chi connectivity index (χ0v) is 11.0. The minimum atomic E-state index is 0.0196. The second kappa shape index (κ2) is 4.43. The predicted octanol–water partition coefficient (Wildman–Crippen LogP) is 3.68. The molecule has 0 amide bonds. The lowest BCUT2D eigenvalue weighted by Gasteiger charge is -2.42. The molecule has 0 aromatic heterocycles. The van der Waals surface area contributed by atoms with Crippen molar-refractivity contribution in [1.82, 2.24) is 0 Å². The summed E-state index contributed by atoms with van der Waals surface area (Å²) in [4.78, 5) is 0. The van der Waals surface area contributed by atoms with Crippen LogP contribution in [0.1, 0.15) is 31.9 Å². The summed E-state index contributed by atoms with van der Waals surface area (Å²) in [6.07, 6.45) is 3.59. The van der Waals surface area contributed by atoms with E-state index in [0.717, 1.165) is 12.2 Å². The van der Waals surface area contributed by atoms with Gasteiger partial charge in [-0.1, -0.05) is 36.8 Å². The lowest BCUT2D eigenvalue weighted by molar-refractivity contribution is -0.0627. The topological polar surface area (TPSA) is 29.5 Å². The molecular weight excluding hydrogens is 224 g/mol. The van der Waals surface area contributed by atoms with E-state index < -0.39 is 0 Å². The third kappa shape index (κ3) is 1.85. The SMILES string of the molecule is CC1=C[C@H](C)[C@H]2CO[C@H](c3ccccc3O)[C@H]1C2. The Hall–Kier alpha value is -1.28. The largest absolute Gasteiger partial charge is 0.508 e. The first kappa shape index (κ1) is 11.8. The van der Waals surface area contributed by atoms with Gasteiger partial charge in [0, 0.05) is 11.5 Å². The Bertz CT molecular complexity index is 478. The quantitative estimate of drug-likeness (QED) is 0.764. The summed E-state index contributed by atoms with van der Waals surface area (Å²) in [5.74, 6) is 2.04. The van der Waals surface area contributed by atoms with E-state index in [9.17, 15) is 5.11 Å². The van der Waals surface area contributed by atoms with Crippen molar-refractivity contribution in [2.24, 2.45) is 17.8 Å². The Balaban J connectivity index is 1.96. The highest BCUT2D eigenvalue weighted by Crippen LogP contribution is 2.47. The van der Waals surface area contributed by atoms with Gasteiger partial charge in [-0.15, -0.1) is 0 Å². The van der Waals surface area contributed by atoms with Crippen LogP contribution in [0, 0.1) is 17.8 Å². The van der Waals surface area contributed by atoms with Crippen molar-refractivity contribution in [3.63, 3.8) is 0 Å². The number of aromatic hydroxyl groups is 1. The highest BCUT2D eigenvalue weighted by molar-refractivity contribution is 5.36. The Morgan fingerprint density at radius 3 is 2.83 bits per heavy atom. The van der Waals surface area contributed by atoms with Crippen molar-refractivity contribution >= 4 is 0 Å². The van der Waals surface area contributed by atoms with Crippen LogP contribution in [0.5, 0.6) is 5.75 Å². The van der Waals surface area contributed by atoms with E-state index in [2.05, 4.69) is 19.9 Å². The van der Waals surface area contributed by atoms with Gasteiger partial charge in [0.25, 0.3) is 0 Å². The smallest absolute Gasteiger partial charge is 0.121 e. The van der Waals surface area contributed by atoms with E-state index in [1.165, 1.54) is 12.0 Å². The number of hydrogen-bond acceptors (Lipinski definition) is 2. The monoisotopic (exact) mass is 244 g/mol. The molecule has 0 saturated carbocycles. The molecule has 1 aromatic rings. The van der Waals surface area contributed by atoms with Gasteiger partial charge in [0.1, 0.15) is 5.75 Å². The average Bonchev–Trinajstić information content (AvgIpc) is 2.37. The number of rotatable bonds is 1. The van der Waals surface area contributed by atoms with E-state index in [1.807, 2.05) is 18.2 Å². The third-order valence-electron chi connectivity index (χ3n) is 4.51. The summed E-state index contributed by atoms with van der Waals surface area (Å²) in [5.41, 5.74) is 2.34. The van der Waals surface area contributed by atoms with E-state index in [1.54, 1.807) is 6.07 Å². The van der Waals surface area contributed by atoms with Crippen LogP contribution >= 0.6 is 0 Å². The molecule has 1 N–H and O–H groups in total. The summed E-state index contributed by atoms with van der Waals surface area (Å²) < 4.78 is 6.05. The standard InChI is InChI=1S/C16H20O2/c1-10-7-11(2)14-8-12(10)9-18-16(14)13-5-3-4-6-15(13)17/h3-7,10,12,14,16-17H,8-9H2,1-2H3/t10-,12+,14-,16+/m0/s1. The molecule has 0 spiro atoms. The second-order valence-corrected chi connectivity index (χ2v) is 5.68. The number of para-hydroxylation sites is 1. The molecule has 1 aliphatic carbocycles. The molecule has 1 saturated heterocycles. The van der Waals surface area contributed by atoms with Gasteiger partial charge in [0.15, 0.2) is 0 Å². The Morgan fingerprint density at radius 2 is 2.06 bits per heavy atom. The first-order chi connectivity index (χ1) is 8.66. The van der Waals surface area contributed by atoms with Crippen molar-refractivity contribution in [1.29, 1.82) is 0 Å². The van der Waals surface area contributed by atoms with Crippen LogP contribution in [-0.4, -0.2) is 11.7 Å². The van der Waals surface area contributed by atoms with E-state index in [4.69, 9.17) is 4.74 Å². The fourth-order valence-corrected chi connectivity index (χ4v) is 3.36. The van der Waals surface area contributed by atoms with E-state index >= 15 is 0 Å². The predicted molar refractivity (Wildman–Crippen MR) is 71.3 cm³/mol. The zero-order valence-electron chi connectivity index (χ0n) is 11.0. The number of phenols is 1. The Kier molecular flexibility index (Phi) is 2.90. The number of fused-ring (bicyclic) bond motifs is 2. The van der Waals surface area contributed by atoms with Crippen molar-refractivity contribution in [2.75, 3.05) is 6.61 Å². The molecule has 96 valence electrons. The molecule has 18 heavy (non-hydrogen) atoms. The molecule has 4 atom stereocenters. The minimum absolute atomic E-state index is 0.0196. The number of ether oxygens (including phenoxy) is 1. The lowest BCUT2D eigenvalue weighted by atomic mass is 9.71. The maximum atomic E-state index is 10.00. The fraction of sp³-hybridized carbons (Fsp3) is 0.500. The van der Waals surface area contributed by atoms with Crippen LogP contribution in [0.4, 0.5) is 0 Å². The number of benzene rings is 1. The lowest BCUT2D eigenvalue weighted by Crippen LogP contribution is -2.35. The first-order valence-corrected chi connectivity index (χ1v) is 6.74. The summed E-state index contributed by atoms with van der Waals surface area (Å²) in [6, 6.07) is 7.55. The number of hydrogen-bond donors (Lipinski definition) is 1. The summed E-state index contributed by atoms with van der Waals surface area (Å²) >= 11 is 0. The van der Waals surface area contributed by atoms with Crippen molar-refractivity contribution in [2.45, 2.75) is 26.4 Å². The minimum Gasteiger partial charge on any atom is -0.508 e. The Labute approximate surface area is 108 Å². The molecule has 1 aromatic carbocycles. The molecule has 2 nitrogen and oxygen atoms in total. The second-order valence-electron chi connectivity index (χ2n) is 5.68. The van der Waals surface area contributed by atoms with Crippen LogP contribution in [0.15, 0.2) is 35.9 Å². The highest BCUT2D eigenvalue weighted by Gasteiger charge is 2.38. The normalized spacial score (nSPS) is 35.1. The van der Waals surface area contributed by atoms with Gasteiger partial charge >= 0.3 is 0 Å². The van der Waals surface area contributed by atoms with Crippen molar-refractivity contribution in [3.8, 4) is 5.75 Å². The summed E-state index contributed by atoms with van der Waals surface area (Å²) in [6.45, 7) is 5.27. The molecule has 2 aliphatic rings. The molecular formula is C16H20O2. The summed E-state index contributed by atoms with van der Waals surface area (Å²) in [5, 5.41) is 10.00. The van der Waals surface area contributed by atoms with Crippen LogP contribution in [0.3, 0.4) is 0 Å². The third-order valence-corrected chi connectivity index (χ3v) is 4.51. The van der Waals surface area contributed by atoms with E-state index in [0.29, 0.717) is 23.5 Å². The molecule has 1 heterocycles. The fourth-order valence-electron chi connectivity index (χ4n) is 3.36. The van der Waals surface area contributed by atoms with Gasteiger partial charge in [-0.3, -0.25) is 0 Å². The Morgan fingerprint density at radius 1 is 1.28 bits per heavy atom. The van der Waals surface area contributed by atoms with Gasteiger partial charge in [-0.05, 0) is 31.2 Å². The average molecular weight is 244 g/mol. The molecule has 2 heteroatoms. The zero-order chi connectivity index (χ0) is 12.7. The van der Waals surface area contributed by atoms with Gasteiger partial charge in [0.2, 0.25) is 0 Å².